The fourth-order valence-electron chi connectivity index (χ4n) is 2.88. The Morgan fingerprint density at radius 2 is 1.78 bits per heavy atom. The Morgan fingerprint density at radius 1 is 0.889 bits per heavy atom. The minimum atomic E-state index is 0.541. The van der Waals surface area contributed by atoms with E-state index in [0.717, 1.165) is 27.9 Å². The maximum Gasteiger partial charge on any atom is 0.224 e. The molecule has 6 heteroatoms. The van der Waals surface area contributed by atoms with Crippen molar-refractivity contribution in [3.05, 3.63) is 78.6 Å². The number of ether oxygens (including phenoxy) is 1. The largest absolute Gasteiger partial charge is 0.496 e. The minimum Gasteiger partial charge on any atom is -0.496 e. The number of benzene rings is 2. The standard InChI is InChI=1S/C21H19N5O/c1-27-18-10-3-2-6-16(18)14-24-21-23-13-11-19(26-21)25-17-9-4-7-15-8-5-12-22-20(15)17/h2-13H,14H2,1H3,(H2,23,24,25,26). The highest BCUT2D eigenvalue weighted by atomic mass is 16.5. The van der Waals surface area contributed by atoms with E-state index in [0.29, 0.717) is 18.3 Å². The summed E-state index contributed by atoms with van der Waals surface area (Å²) < 4.78 is 5.38. The van der Waals surface area contributed by atoms with Crippen LogP contribution in [0.5, 0.6) is 5.75 Å². The van der Waals surface area contributed by atoms with Crippen molar-refractivity contribution < 1.29 is 4.74 Å². The van der Waals surface area contributed by atoms with Crippen molar-refractivity contribution in [2.24, 2.45) is 0 Å². The summed E-state index contributed by atoms with van der Waals surface area (Å²) in [4.78, 5) is 13.3. The van der Waals surface area contributed by atoms with Crippen molar-refractivity contribution in [3.8, 4) is 5.75 Å². The van der Waals surface area contributed by atoms with Crippen LogP contribution in [-0.2, 0) is 6.54 Å². The van der Waals surface area contributed by atoms with E-state index in [1.54, 1.807) is 19.5 Å². The van der Waals surface area contributed by atoms with Gasteiger partial charge in [0.05, 0.1) is 18.3 Å². The average Bonchev–Trinajstić information content (AvgIpc) is 2.73. The lowest BCUT2D eigenvalue weighted by atomic mass is 10.2. The van der Waals surface area contributed by atoms with E-state index in [1.165, 1.54) is 0 Å². The van der Waals surface area contributed by atoms with Gasteiger partial charge in [0.15, 0.2) is 0 Å². The van der Waals surface area contributed by atoms with Gasteiger partial charge in [-0.1, -0.05) is 36.4 Å². The molecule has 2 N–H and O–H groups in total. The molecule has 0 unspecified atom stereocenters. The van der Waals surface area contributed by atoms with Crippen LogP contribution in [0.3, 0.4) is 0 Å². The number of methoxy groups -OCH3 is 1. The molecular weight excluding hydrogens is 338 g/mol. The molecule has 134 valence electrons. The molecule has 0 saturated heterocycles. The molecule has 0 spiro atoms. The normalized spacial score (nSPS) is 10.6. The third kappa shape index (κ3) is 3.79. The molecule has 0 radical (unpaired) electrons. The molecule has 0 aliphatic heterocycles. The molecule has 0 saturated carbocycles. The third-order valence-electron chi connectivity index (χ3n) is 4.18. The van der Waals surface area contributed by atoms with Gasteiger partial charge in [-0.15, -0.1) is 0 Å². The van der Waals surface area contributed by atoms with Gasteiger partial charge in [-0.2, -0.15) is 4.98 Å². The van der Waals surface area contributed by atoms with Crippen molar-refractivity contribution >= 4 is 28.4 Å². The van der Waals surface area contributed by atoms with E-state index in [9.17, 15) is 0 Å². The predicted octanol–water partition coefficient (Wildman–Crippen LogP) is 4.39. The first kappa shape index (κ1) is 16.8. The Hall–Kier alpha value is -3.67. The van der Waals surface area contributed by atoms with Gasteiger partial charge >= 0.3 is 0 Å². The number of hydrogen-bond donors (Lipinski definition) is 2. The van der Waals surface area contributed by atoms with Gasteiger partial charge in [0, 0.05) is 29.9 Å². The van der Waals surface area contributed by atoms with E-state index in [1.807, 2.05) is 60.7 Å². The zero-order valence-electron chi connectivity index (χ0n) is 14.9. The highest BCUT2D eigenvalue weighted by molar-refractivity contribution is 5.91. The van der Waals surface area contributed by atoms with E-state index in [4.69, 9.17) is 4.74 Å². The van der Waals surface area contributed by atoms with E-state index in [-0.39, 0.29) is 0 Å². The van der Waals surface area contributed by atoms with E-state index in [2.05, 4.69) is 25.6 Å². The lowest BCUT2D eigenvalue weighted by Crippen LogP contribution is -2.06. The SMILES string of the molecule is COc1ccccc1CNc1nccc(Nc2cccc3cccnc23)n1. The van der Waals surface area contributed by atoms with Crippen LogP contribution in [0.4, 0.5) is 17.5 Å². The second-order valence-electron chi connectivity index (χ2n) is 5.94. The molecule has 0 fully saturated rings. The average molecular weight is 357 g/mol. The van der Waals surface area contributed by atoms with E-state index < -0.39 is 0 Å². The fourth-order valence-corrected chi connectivity index (χ4v) is 2.88. The van der Waals surface area contributed by atoms with Crippen molar-refractivity contribution in [2.45, 2.75) is 6.54 Å². The molecule has 0 bridgehead atoms. The topological polar surface area (TPSA) is 72.0 Å². The molecule has 4 aromatic rings. The van der Waals surface area contributed by atoms with Crippen LogP contribution < -0.4 is 15.4 Å². The first-order valence-corrected chi connectivity index (χ1v) is 8.63. The first-order chi connectivity index (χ1) is 13.3. The van der Waals surface area contributed by atoms with Gasteiger partial charge in [0.1, 0.15) is 11.6 Å². The maximum atomic E-state index is 5.38. The Bertz CT molecular complexity index is 1060. The van der Waals surface area contributed by atoms with Crippen LogP contribution >= 0.6 is 0 Å². The van der Waals surface area contributed by atoms with Crippen LogP contribution in [0, 0.1) is 0 Å². The number of nitrogens with zero attached hydrogens (tertiary/aromatic N) is 3. The number of pyridine rings is 1. The van der Waals surface area contributed by atoms with Crippen LogP contribution in [0.15, 0.2) is 73.1 Å². The number of rotatable bonds is 6. The molecule has 0 amide bonds. The van der Waals surface area contributed by atoms with Crippen LogP contribution in [-0.4, -0.2) is 22.1 Å². The fraction of sp³-hybridized carbons (Fsp3) is 0.0952. The molecule has 0 atom stereocenters. The number of anilines is 3. The summed E-state index contributed by atoms with van der Waals surface area (Å²) in [6, 6.07) is 19.7. The van der Waals surface area contributed by atoms with Crippen LogP contribution in [0.2, 0.25) is 0 Å². The lowest BCUT2D eigenvalue weighted by molar-refractivity contribution is 0.410. The minimum absolute atomic E-state index is 0.541. The summed E-state index contributed by atoms with van der Waals surface area (Å²) in [6.07, 6.45) is 3.51. The molecule has 2 aromatic heterocycles. The van der Waals surface area contributed by atoms with Crippen LogP contribution in [0.1, 0.15) is 5.56 Å². The third-order valence-corrected chi connectivity index (χ3v) is 4.18. The quantitative estimate of drug-likeness (QED) is 0.533. The van der Waals surface area contributed by atoms with Gasteiger partial charge in [-0.25, -0.2) is 4.98 Å². The Balaban J connectivity index is 1.52. The number of hydrogen-bond acceptors (Lipinski definition) is 6. The van der Waals surface area contributed by atoms with Crippen molar-refractivity contribution in [1.82, 2.24) is 15.0 Å². The molecule has 0 aliphatic rings. The molecular formula is C21H19N5O. The summed E-state index contributed by atoms with van der Waals surface area (Å²) in [7, 11) is 1.66. The predicted molar refractivity (Wildman–Crippen MR) is 107 cm³/mol. The van der Waals surface area contributed by atoms with Crippen molar-refractivity contribution in [3.63, 3.8) is 0 Å². The molecule has 6 nitrogen and oxygen atoms in total. The monoisotopic (exact) mass is 357 g/mol. The summed E-state index contributed by atoms with van der Waals surface area (Å²) in [5, 5.41) is 7.65. The van der Waals surface area contributed by atoms with Crippen LogP contribution in [0.25, 0.3) is 10.9 Å². The Kier molecular flexibility index (Phi) is 4.78. The molecule has 2 aromatic carbocycles. The second kappa shape index (κ2) is 7.70. The number of fused-ring (bicyclic) bond motifs is 1. The molecule has 2 heterocycles. The van der Waals surface area contributed by atoms with Gasteiger partial charge < -0.3 is 15.4 Å². The molecule has 4 rings (SSSR count). The highest BCUT2D eigenvalue weighted by Crippen LogP contribution is 2.24. The summed E-state index contributed by atoms with van der Waals surface area (Å²) in [5.41, 5.74) is 2.85. The number of nitrogens with one attached hydrogen (secondary N) is 2. The summed E-state index contributed by atoms with van der Waals surface area (Å²) >= 11 is 0. The van der Waals surface area contributed by atoms with Crippen molar-refractivity contribution in [1.29, 1.82) is 0 Å². The Labute approximate surface area is 157 Å². The summed E-state index contributed by atoms with van der Waals surface area (Å²) in [6.45, 7) is 0.573. The highest BCUT2D eigenvalue weighted by Gasteiger charge is 2.06. The zero-order valence-corrected chi connectivity index (χ0v) is 14.9. The zero-order chi connectivity index (χ0) is 18.5. The number of aromatic nitrogens is 3. The molecule has 27 heavy (non-hydrogen) atoms. The lowest BCUT2D eigenvalue weighted by Gasteiger charge is -2.11. The maximum absolute atomic E-state index is 5.38. The Morgan fingerprint density at radius 3 is 2.70 bits per heavy atom. The van der Waals surface area contributed by atoms with E-state index >= 15 is 0 Å². The van der Waals surface area contributed by atoms with Gasteiger partial charge in [0.2, 0.25) is 5.95 Å². The smallest absolute Gasteiger partial charge is 0.224 e. The second-order valence-corrected chi connectivity index (χ2v) is 5.94. The summed E-state index contributed by atoms with van der Waals surface area (Å²) in [5.74, 6) is 2.07. The van der Waals surface area contributed by atoms with Crippen molar-refractivity contribution in [2.75, 3.05) is 17.7 Å². The number of para-hydroxylation sites is 2. The van der Waals surface area contributed by atoms with Gasteiger partial charge in [-0.3, -0.25) is 4.98 Å². The van der Waals surface area contributed by atoms with Gasteiger partial charge in [0.25, 0.3) is 0 Å². The first-order valence-electron chi connectivity index (χ1n) is 8.63. The van der Waals surface area contributed by atoms with Gasteiger partial charge in [-0.05, 0) is 24.3 Å². The molecule has 0 aliphatic carbocycles.